The molecule has 57 heavy (non-hydrogen) atoms. The Bertz CT molecular complexity index is 3080. The summed E-state index contributed by atoms with van der Waals surface area (Å²) < 4.78 is 14.5. The van der Waals surface area contributed by atoms with Crippen LogP contribution in [0.5, 0.6) is 0 Å². The first-order valence-corrected chi connectivity index (χ1v) is 23.8. The summed E-state index contributed by atoms with van der Waals surface area (Å²) in [6, 6.07) is 82.5. The first kappa shape index (κ1) is 33.5. The van der Waals surface area contributed by atoms with Crippen molar-refractivity contribution in [2.24, 2.45) is 0 Å². The van der Waals surface area contributed by atoms with E-state index < -0.39 is 13.3 Å². The van der Waals surface area contributed by atoms with Crippen molar-refractivity contribution in [3.05, 3.63) is 224 Å². The molecule has 0 N–H and O–H groups in total. The number of hydrogen-bond acceptors (Lipinski definition) is 1. The van der Waals surface area contributed by atoms with Crippen LogP contribution in [0.25, 0.3) is 71.7 Å². The summed E-state index contributed by atoms with van der Waals surface area (Å²) in [5.41, 5.74) is 10.1. The van der Waals surface area contributed by atoms with Crippen LogP contribution in [-0.2, 0) is 0 Å². The van der Waals surface area contributed by atoms with Crippen LogP contribution in [0.1, 0.15) is 0 Å². The monoisotopic (exact) mass is 789 g/mol. The molecular weight excluding hydrogens is 751 g/mol. The maximum absolute atomic E-state index is 6.43. The van der Waals surface area contributed by atoms with E-state index in [4.69, 9.17) is 4.42 Å². The zero-order valence-corrected chi connectivity index (χ0v) is 33.3. The third-order valence-electron chi connectivity index (χ3n) is 11.7. The minimum absolute atomic E-state index is 0.890. The van der Waals surface area contributed by atoms with Crippen molar-refractivity contribution in [1.29, 1.82) is 0 Å². The molecule has 0 aliphatic heterocycles. The van der Waals surface area contributed by atoms with Crippen molar-refractivity contribution in [3.63, 3.8) is 0 Å². The molecule has 0 saturated carbocycles. The van der Waals surface area contributed by atoms with Gasteiger partial charge in [-0.05, 0) is 18.2 Å². The van der Waals surface area contributed by atoms with Crippen LogP contribution < -0.4 is 17.6 Å². The molecule has 0 spiro atoms. The number of rotatable bonds is 7. The van der Waals surface area contributed by atoms with E-state index in [2.05, 4.69) is 229 Å². The molecule has 0 atom stereocenters. The second-order valence-electron chi connectivity index (χ2n) is 14.9. The molecule has 9 aromatic carbocycles. The van der Waals surface area contributed by atoms with Gasteiger partial charge in [0, 0.05) is 10.8 Å². The topological polar surface area (TPSA) is 18.1 Å². The molecule has 0 unspecified atom stereocenters. The Labute approximate surface area is 334 Å². The van der Waals surface area contributed by atoms with Crippen LogP contribution in [0.15, 0.2) is 229 Å². The van der Waals surface area contributed by atoms with E-state index in [1.54, 1.807) is 0 Å². The Morgan fingerprint density at radius 1 is 0.298 bits per heavy atom. The van der Waals surface area contributed by atoms with Gasteiger partial charge in [-0.25, -0.2) is 0 Å². The van der Waals surface area contributed by atoms with Crippen LogP contribution >= 0.6 is 0 Å². The summed E-state index contributed by atoms with van der Waals surface area (Å²) in [6.07, 6.45) is 0. The van der Waals surface area contributed by atoms with Gasteiger partial charge in [0.15, 0.2) is 0 Å². The number of aromatic nitrogens is 1. The molecule has 0 bridgehead atoms. The van der Waals surface area contributed by atoms with Gasteiger partial charge >= 0.3 is 255 Å². The maximum atomic E-state index is 6.43. The molecule has 2 heterocycles. The van der Waals surface area contributed by atoms with Crippen LogP contribution in [0.3, 0.4) is 0 Å². The van der Waals surface area contributed by atoms with Crippen LogP contribution in [0.2, 0.25) is 0 Å². The molecule has 11 aromatic rings. The van der Waals surface area contributed by atoms with Crippen molar-refractivity contribution in [2.45, 2.75) is 0 Å². The van der Waals surface area contributed by atoms with Gasteiger partial charge in [0.2, 0.25) is 0 Å². The fraction of sp³-hybridized carbons (Fsp3) is 0. The molecule has 0 radical (unpaired) electrons. The standard InChI is InChI=1S/C54H37GeNO/c1-4-19-42(20-5-1)55(43-21-6-2-7-22-43,44-23-8-3-9-24-44)45-25-15-18-40(35-45)38-16-14-17-39(34-38)41-30-32-53-49(36-41)50-37-46(31-33-54(50)57-53)56-51-28-12-10-26-47(51)48-27-11-13-29-52(48)56/h1-37H. The Kier molecular flexibility index (Phi) is 8.04. The quantitative estimate of drug-likeness (QED) is 0.147. The molecule has 0 saturated heterocycles. The number of furan rings is 1. The van der Waals surface area contributed by atoms with Crippen molar-refractivity contribution in [2.75, 3.05) is 0 Å². The number of nitrogens with zero attached hydrogens (tertiary/aromatic N) is 1. The average Bonchev–Trinajstić information content (AvgIpc) is 3.83. The van der Waals surface area contributed by atoms with E-state index in [1.165, 1.54) is 56.1 Å². The Morgan fingerprint density at radius 2 is 0.737 bits per heavy atom. The molecule has 2 aromatic heterocycles. The van der Waals surface area contributed by atoms with E-state index in [9.17, 15) is 0 Å². The molecule has 0 fully saturated rings. The van der Waals surface area contributed by atoms with Crippen molar-refractivity contribution >= 4 is 74.6 Å². The molecule has 0 aliphatic rings. The van der Waals surface area contributed by atoms with Crippen LogP contribution in [-0.4, -0.2) is 17.8 Å². The Hall–Kier alpha value is -6.88. The first-order valence-electron chi connectivity index (χ1n) is 19.6. The average molecular weight is 789 g/mol. The number of benzene rings is 9. The third-order valence-corrected chi connectivity index (χ3v) is 21.8. The molecular formula is C54H37GeNO. The molecule has 0 aliphatic carbocycles. The summed E-state index contributed by atoms with van der Waals surface area (Å²) in [4.78, 5) is 0. The predicted octanol–water partition coefficient (Wildman–Crippen LogP) is 11.4. The fourth-order valence-electron chi connectivity index (χ4n) is 9.16. The summed E-state index contributed by atoms with van der Waals surface area (Å²) in [7, 11) is 0. The molecule has 0 amide bonds. The predicted molar refractivity (Wildman–Crippen MR) is 243 cm³/mol. The van der Waals surface area contributed by atoms with Gasteiger partial charge < -0.3 is 4.57 Å². The fourth-order valence-corrected chi connectivity index (χ4v) is 19.2. The van der Waals surface area contributed by atoms with Gasteiger partial charge in [0.1, 0.15) is 0 Å². The zero-order chi connectivity index (χ0) is 37.8. The van der Waals surface area contributed by atoms with Crippen molar-refractivity contribution < 1.29 is 4.42 Å². The van der Waals surface area contributed by atoms with Crippen LogP contribution in [0.4, 0.5) is 0 Å². The number of hydrogen-bond donors (Lipinski definition) is 0. The summed E-state index contributed by atoms with van der Waals surface area (Å²) in [5.74, 6) is 0. The van der Waals surface area contributed by atoms with Gasteiger partial charge in [-0.15, -0.1) is 0 Å². The Balaban J connectivity index is 1.03. The minimum atomic E-state index is -3.41. The van der Waals surface area contributed by atoms with E-state index >= 15 is 0 Å². The van der Waals surface area contributed by atoms with Gasteiger partial charge in [-0.2, -0.15) is 0 Å². The van der Waals surface area contributed by atoms with E-state index in [1.807, 2.05) is 0 Å². The second-order valence-corrected chi connectivity index (χ2v) is 22.9. The van der Waals surface area contributed by atoms with Gasteiger partial charge in [-0.1, -0.05) is 36.4 Å². The second kappa shape index (κ2) is 13.7. The van der Waals surface area contributed by atoms with Crippen molar-refractivity contribution in [1.82, 2.24) is 4.57 Å². The first-order chi connectivity index (χ1) is 28.3. The summed E-state index contributed by atoms with van der Waals surface area (Å²) >= 11 is -3.41. The van der Waals surface area contributed by atoms with Gasteiger partial charge in [0.05, 0.1) is 11.0 Å². The van der Waals surface area contributed by atoms with Crippen LogP contribution in [0, 0.1) is 0 Å². The normalized spacial score (nSPS) is 11.9. The summed E-state index contributed by atoms with van der Waals surface area (Å²) in [5, 5.41) is 4.74. The number of para-hydroxylation sites is 2. The van der Waals surface area contributed by atoms with E-state index in [0.717, 1.165) is 33.2 Å². The number of fused-ring (bicyclic) bond motifs is 6. The molecule has 2 nitrogen and oxygen atoms in total. The van der Waals surface area contributed by atoms with Gasteiger partial charge in [-0.3, -0.25) is 0 Å². The third kappa shape index (κ3) is 5.48. The van der Waals surface area contributed by atoms with Gasteiger partial charge in [0.25, 0.3) is 0 Å². The van der Waals surface area contributed by atoms with E-state index in [0.29, 0.717) is 0 Å². The molecule has 268 valence electrons. The van der Waals surface area contributed by atoms with E-state index in [-0.39, 0.29) is 0 Å². The summed E-state index contributed by atoms with van der Waals surface area (Å²) in [6.45, 7) is 0. The zero-order valence-electron chi connectivity index (χ0n) is 31.2. The molecule has 11 rings (SSSR count). The van der Waals surface area contributed by atoms with Crippen molar-refractivity contribution in [3.8, 4) is 27.9 Å². The Morgan fingerprint density at radius 3 is 1.32 bits per heavy atom. The molecule has 3 heteroatoms. The SMILES string of the molecule is c1cc[c]([Ge]([c]2ccccc2)([c]2ccccc2)[c]2cccc(-c3cccc(-c4ccc5oc6ccc(-n7c8ccccc8c8ccccc87)cc6c5c4)c3)c2)cc1.